The highest BCUT2D eigenvalue weighted by atomic mass is 35.5. The molecule has 264 valence electrons. The van der Waals surface area contributed by atoms with E-state index in [2.05, 4.69) is 0 Å². The molecule has 0 aromatic carbocycles. The number of aliphatic carboxylic acids is 4. The van der Waals surface area contributed by atoms with E-state index in [9.17, 15) is 39.6 Å². The molecule has 0 fully saturated rings. The van der Waals surface area contributed by atoms with Crippen LogP contribution in [0.4, 0.5) is 0 Å². The predicted octanol–water partition coefficient (Wildman–Crippen LogP) is 6.92. The van der Waals surface area contributed by atoms with Crippen molar-refractivity contribution < 1.29 is 39.6 Å². The van der Waals surface area contributed by atoms with Crippen LogP contribution < -0.4 is 0 Å². The van der Waals surface area contributed by atoms with Crippen molar-refractivity contribution in [2.45, 2.75) is 79.1 Å². The third-order valence-electron chi connectivity index (χ3n) is 9.00. The maximum Gasteiger partial charge on any atom is 0.303 e. The number of fused-ring (bicyclic) bond motifs is 4. The molecule has 8 bridgehead atoms. The molecule has 5 heterocycles. The fraction of sp³-hybridized carbons (Fsp3) is 0.333. The molecule has 0 spiro atoms. The molecular formula is C36H38Cl2N4O8. The molecule has 0 unspecified atom stereocenters. The van der Waals surface area contributed by atoms with Crippen LogP contribution in [0, 0.1) is 0 Å². The van der Waals surface area contributed by atoms with Crippen LogP contribution in [0.2, 0.25) is 0 Å². The topological polar surface area (TPSA) is 199 Å². The molecule has 14 heteroatoms. The molecule has 0 saturated carbocycles. The van der Waals surface area contributed by atoms with E-state index in [1.165, 1.54) is 0 Å². The van der Waals surface area contributed by atoms with Crippen molar-refractivity contribution >= 4 is 71.5 Å². The summed E-state index contributed by atoms with van der Waals surface area (Å²) in [5, 5.41) is 37.9. The lowest BCUT2D eigenvalue weighted by atomic mass is 9.95. The minimum absolute atomic E-state index is 0. The maximum absolute atomic E-state index is 11.6. The molecule has 4 N–H and O–H groups in total. The van der Waals surface area contributed by atoms with Crippen molar-refractivity contribution in [2.24, 2.45) is 20.0 Å². The second-order valence-electron chi connectivity index (χ2n) is 12.1. The summed E-state index contributed by atoms with van der Waals surface area (Å²) >= 11 is 0. The number of nitrogens with zero attached hydrogens (tertiary/aromatic N) is 4. The minimum Gasteiger partial charge on any atom is -0.481 e. The molecule has 5 aliphatic rings. The van der Waals surface area contributed by atoms with Gasteiger partial charge in [-0.15, -0.1) is 24.8 Å². The van der Waals surface area contributed by atoms with Crippen LogP contribution in [-0.4, -0.2) is 67.2 Å². The summed E-state index contributed by atoms with van der Waals surface area (Å²) in [6.07, 6.45) is 7.51. The Morgan fingerprint density at radius 1 is 0.420 bits per heavy atom. The first kappa shape index (κ1) is 39.5. The molecule has 0 saturated heterocycles. The van der Waals surface area contributed by atoms with Crippen molar-refractivity contribution in [2.75, 3.05) is 0 Å². The Morgan fingerprint density at radius 2 is 0.680 bits per heavy atom. The van der Waals surface area contributed by atoms with Crippen LogP contribution >= 0.6 is 24.8 Å². The Morgan fingerprint density at radius 3 is 1.00 bits per heavy atom. The van der Waals surface area contributed by atoms with Gasteiger partial charge in [0.25, 0.3) is 0 Å². The number of allylic oxidation sites excluding steroid dienone is 12. The van der Waals surface area contributed by atoms with Gasteiger partial charge in [-0.1, -0.05) is 0 Å². The molecule has 0 radical (unpaired) electrons. The summed E-state index contributed by atoms with van der Waals surface area (Å²) in [4.78, 5) is 65.9. The molecule has 0 aliphatic carbocycles. The molecule has 0 aromatic rings. The van der Waals surface area contributed by atoms with E-state index in [-0.39, 0.29) is 76.2 Å². The van der Waals surface area contributed by atoms with Gasteiger partial charge >= 0.3 is 23.9 Å². The first-order valence-corrected chi connectivity index (χ1v) is 15.6. The average molecular weight is 726 g/mol. The Balaban J connectivity index is 0.00000338. The highest BCUT2D eigenvalue weighted by Gasteiger charge is 2.29. The largest absolute Gasteiger partial charge is 0.481 e. The van der Waals surface area contributed by atoms with E-state index in [4.69, 9.17) is 20.0 Å². The maximum atomic E-state index is 11.6. The zero-order valence-electron chi connectivity index (χ0n) is 28.0. The Bertz CT molecular complexity index is 1960. The van der Waals surface area contributed by atoms with E-state index in [1.54, 1.807) is 18.2 Å². The van der Waals surface area contributed by atoms with Crippen molar-refractivity contribution in [3.05, 3.63) is 91.7 Å². The summed E-state index contributed by atoms with van der Waals surface area (Å²) in [5.74, 6) is -3.83. The van der Waals surface area contributed by atoms with Crippen LogP contribution in [0.25, 0.3) is 0 Å². The van der Waals surface area contributed by atoms with Gasteiger partial charge in [0.2, 0.25) is 0 Å². The van der Waals surface area contributed by atoms with E-state index in [0.29, 0.717) is 51.2 Å². The average Bonchev–Trinajstić information content (AvgIpc) is 3.66. The lowest BCUT2D eigenvalue weighted by Gasteiger charge is -2.07. The van der Waals surface area contributed by atoms with Crippen molar-refractivity contribution in [3.8, 4) is 0 Å². The summed E-state index contributed by atoms with van der Waals surface area (Å²) < 4.78 is 0. The lowest BCUT2D eigenvalue weighted by molar-refractivity contribution is -0.137. The van der Waals surface area contributed by atoms with Gasteiger partial charge in [0.15, 0.2) is 0 Å². The fourth-order valence-electron chi connectivity index (χ4n) is 6.26. The molecule has 0 atom stereocenters. The molecule has 50 heavy (non-hydrogen) atoms. The van der Waals surface area contributed by atoms with E-state index < -0.39 is 23.9 Å². The van der Waals surface area contributed by atoms with E-state index in [1.807, 2.05) is 33.8 Å². The van der Waals surface area contributed by atoms with E-state index in [0.717, 1.165) is 39.0 Å². The Kier molecular flexibility index (Phi) is 12.8. The second kappa shape index (κ2) is 16.2. The van der Waals surface area contributed by atoms with Gasteiger partial charge in [-0.3, -0.25) is 19.2 Å². The number of carbonyl (C=O) groups is 4. The summed E-state index contributed by atoms with van der Waals surface area (Å²) in [7, 11) is 0. The van der Waals surface area contributed by atoms with Crippen LogP contribution in [0.1, 0.15) is 79.1 Å². The SMILES string of the molecule is CC1=C(CCC(=O)O)C2=CC3=NC(=CC4=NC(=CC5=NC(=CC1=N2)C(C)=C5CCC(=O)O)C(C)=C4CCC(=O)O)C(C)=C3CCC(=O)O.Cl.Cl. The normalized spacial score (nSPS) is 18.0. The smallest absolute Gasteiger partial charge is 0.303 e. The van der Waals surface area contributed by atoms with Crippen LogP contribution in [0.5, 0.6) is 0 Å². The van der Waals surface area contributed by atoms with Crippen molar-refractivity contribution in [1.29, 1.82) is 0 Å². The van der Waals surface area contributed by atoms with Crippen molar-refractivity contribution in [3.63, 3.8) is 0 Å². The first-order chi connectivity index (χ1) is 22.7. The van der Waals surface area contributed by atoms with Crippen LogP contribution in [0.3, 0.4) is 0 Å². The molecular weight excluding hydrogens is 687 g/mol. The van der Waals surface area contributed by atoms with Gasteiger partial charge in [0.05, 0.1) is 45.6 Å². The molecule has 12 nitrogen and oxygen atoms in total. The van der Waals surface area contributed by atoms with Gasteiger partial charge in [-0.05, 0) is 122 Å². The van der Waals surface area contributed by atoms with Crippen LogP contribution in [-0.2, 0) is 19.2 Å². The first-order valence-electron chi connectivity index (χ1n) is 15.6. The van der Waals surface area contributed by atoms with Gasteiger partial charge in [-0.2, -0.15) is 0 Å². The van der Waals surface area contributed by atoms with Gasteiger partial charge in [-0.25, -0.2) is 20.0 Å². The number of carboxylic acid groups (broad SMARTS) is 4. The van der Waals surface area contributed by atoms with Crippen molar-refractivity contribution in [1.82, 2.24) is 0 Å². The Labute approximate surface area is 301 Å². The van der Waals surface area contributed by atoms with Gasteiger partial charge in [0.1, 0.15) is 0 Å². The minimum atomic E-state index is -0.962. The molecule has 5 rings (SSSR count). The molecule has 0 amide bonds. The molecule has 0 aromatic heterocycles. The third kappa shape index (κ3) is 8.43. The fourth-order valence-corrected chi connectivity index (χ4v) is 6.26. The predicted molar refractivity (Wildman–Crippen MR) is 195 cm³/mol. The zero-order chi connectivity index (χ0) is 34.9. The monoisotopic (exact) mass is 724 g/mol. The number of hydrogen-bond donors (Lipinski definition) is 4. The standard InChI is InChI=1S/C36H36N4O8.2ClH/c1-17-21(5-9-33(41)42)29-14-27-19(3)22(6-10-34(43)44)30(39-27)15-28-20(4)24(8-12-36(47)48)32(40-28)16-31-23(7-11-35(45)46)18(2)26(38-31)13-25(17)37-29;;/h13-16H,5-12H2,1-4H3,(H,41,42)(H,43,44)(H,45,46)(H,47,48);2*1H. The summed E-state index contributed by atoms with van der Waals surface area (Å²) in [6, 6.07) is 0. The molecule has 5 aliphatic heterocycles. The lowest BCUT2D eigenvalue weighted by Crippen LogP contribution is -2.04. The third-order valence-corrected chi connectivity index (χ3v) is 9.00. The number of carboxylic acids is 4. The van der Waals surface area contributed by atoms with E-state index >= 15 is 0 Å². The highest BCUT2D eigenvalue weighted by Crippen LogP contribution is 2.38. The second-order valence-corrected chi connectivity index (χ2v) is 12.1. The summed E-state index contributed by atoms with van der Waals surface area (Å²) in [5.41, 5.74) is 10.3. The van der Waals surface area contributed by atoms with Gasteiger partial charge in [0, 0.05) is 25.7 Å². The number of aliphatic imine (C=N–C) groups is 4. The number of rotatable bonds is 12. The van der Waals surface area contributed by atoms with Crippen LogP contribution in [0.15, 0.2) is 112 Å². The number of hydrogen-bond acceptors (Lipinski definition) is 8. The highest BCUT2D eigenvalue weighted by molar-refractivity contribution is 6.20. The zero-order valence-corrected chi connectivity index (χ0v) is 29.6. The quantitative estimate of drug-likeness (QED) is 0.166. The Hall–Kier alpha value is -4.94. The summed E-state index contributed by atoms with van der Waals surface area (Å²) in [6.45, 7) is 7.44. The van der Waals surface area contributed by atoms with Gasteiger partial charge < -0.3 is 20.4 Å². The number of halogens is 2.